The van der Waals surface area contributed by atoms with Crippen LogP contribution in [0.15, 0.2) is 41.8 Å². The first-order chi connectivity index (χ1) is 12.0. The minimum Gasteiger partial charge on any atom is -0.341 e. The van der Waals surface area contributed by atoms with Crippen LogP contribution in [0.25, 0.3) is 10.7 Å². The second-order valence-electron chi connectivity index (χ2n) is 5.61. The van der Waals surface area contributed by atoms with E-state index in [9.17, 15) is 9.18 Å². The molecule has 0 aliphatic carbocycles. The lowest BCUT2D eigenvalue weighted by Gasteiger charge is -2.17. The maximum absolute atomic E-state index is 13.0. The molecule has 0 unspecified atom stereocenters. The number of aromatic amines is 1. The maximum atomic E-state index is 13.0. The van der Waals surface area contributed by atoms with Crippen LogP contribution in [0.2, 0.25) is 0 Å². The number of thiophene rings is 1. The molecular weight excluding hydrogens is 359 g/mol. The highest BCUT2D eigenvalue weighted by atomic mass is 32.1. The molecule has 0 aliphatic heterocycles. The molecule has 2 aromatic heterocycles. The van der Waals surface area contributed by atoms with Crippen LogP contribution < -0.4 is 0 Å². The number of nitrogens with zero attached hydrogens (tertiary/aromatic N) is 3. The number of hydrogen-bond donors (Lipinski definition) is 1. The lowest BCUT2D eigenvalue weighted by molar-refractivity contribution is -0.130. The normalized spacial score (nSPS) is 10.8. The first-order valence-corrected chi connectivity index (χ1v) is 9.01. The first-order valence-electron chi connectivity index (χ1n) is 7.72. The number of amides is 1. The fourth-order valence-electron chi connectivity index (χ4n) is 2.47. The molecule has 0 radical (unpaired) electrons. The Hall–Kier alpha value is -2.32. The van der Waals surface area contributed by atoms with Crippen LogP contribution >= 0.6 is 23.6 Å². The van der Waals surface area contributed by atoms with Crippen LogP contribution in [0, 0.1) is 10.6 Å². The van der Waals surface area contributed by atoms with Crippen molar-refractivity contribution in [3.05, 3.63) is 57.9 Å². The number of carbonyl (C=O) groups is 1. The highest BCUT2D eigenvalue weighted by Crippen LogP contribution is 2.23. The third kappa shape index (κ3) is 4.21. The van der Waals surface area contributed by atoms with E-state index >= 15 is 0 Å². The van der Waals surface area contributed by atoms with Crippen LogP contribution in [0.4, 0.5) is 4.39 Å². The lowest BCUT2D eigenvalue weighted by Crippen LogP contribution is -2.27. The number of benzene rings is 1. The Morgan fingerprint density at radius 3 is 2.80 bits per heavy atom. The summed E-state index contributed by atoms with van der Waals surface area (Å²) in [5.41, 5.74) is 0.886. The largest absolute Gasteiger partial charge is 0.341 e. The summed E-state index contributed by atoms with van der Waals surface area (Å²) in [6.45, 7) is 0.892. The molecule has 25 heavy (non-hydrogen) atoms. The van der Waals surface area contributed by atoms with Gasteiger partial charge in [-0.2, -0.15) is 5.10 Å². The van der Waals surface area contributed by atoms with Gasteiger partial charge in [-0.25, -0.2) is 4.39 Å². The van der Waals surface area contributed by atoms with Crippen LogP contribution in [-0.2, 0) is 17.9 Å². The summed E-state index contributed by atoms with van der Waals surface area (Å²) in [6.07, 6.45) is 0.309. The van der Waals surface area contributed by atoms with Crippen molar-refractivity contribution < 1.29 is 9.18 Å². The highest BCUT2D eigenvalue weighted by Gasteiger charge is 2.14. The van der Waals surface area contributed by atoms with Gasteiger partial charge in [-0.15, -0.1) is 11.3 Å². The Labute approximate surface area is 153 Å². The van der Waals surface area contributed by atoms with Gasteiger partial charge in [-0.05, 0) is 41.4 Å². The van der Waals surface area contributed by atoms with E-state index in [0.717, 1.165) is 16.3 Å². The van der Waals surface area contributed by atoms with E-state index in [1.54, 1.807) is 35.4 Å². The molecule has 8 heteroatoms. The van der Waals surface area contributed by atoms with E-state index in [0.29, 0.717) is 24.3 Å². The van der Waals surface area contributed by atoms with Crippen LogP contribution in [0.3, 0.4) is 0 Å². The topological polar surface area (TPSA) is 53.9 Å². The van der Waals surface area contributed by atoms with E-state index in [-0.39, 0.29) is 11.7 Å². The monoisotopic (exact) mass is 376 g/mol. The predicted molar refractivity (Wildman–Crippen MR) is 98.2 cm³/mol. The average molecular weight is 376 g/mol. The van der Waals surface area contributed by atoms with Gasteiger partial charge in [0.05, 0.1) is 4.88 Å². The van der Waals surface area contributed by atoms with Crippen LogP contribution in [0.1, 0.15) is 12.0 Å². The van der Waals surface area contributed by atoms with Gasteiger partial charge in [-0.1, -0.05) is 18.2 Å². The smallest absolute Gasteiger partial charge is 0.224 e. The summed E-state index contributed by atoms with van der Waals surface area (Å²) in [4.78, 5) is 15.0. The number of rotatable bonds is 6. The average Bonchev–Trinajstić information content (AvgIpc) is 3.24. The van der Waals surface area contributed by atoms with Gasteiger partial charge < -0.3 is 4.90 Å². The van der Waals surface area contributed by atoms with Crippen molar-refractivity contribution >= 4 is 29.5 Å². The molecule has 130 valence electrons. The summed E-state index contributed by atoms with van der Waals surface area (Å²) in [6, 6.07) is 10.1. The quantitative estimate of drug-likeness (QED) is 0.665. The molecule has 1 N–H and O–H groups in total. The zero-order chi connectivity index (χ0) is 17.8. The summed E-state index contributed by atoms with van der Waals surface area (Å²) >= 11 is 6.84. The molecule has 0 spiro atoms. The van der Waals surface area contributed by atoms with Crippen molar-refractivity contribution in [3.63, 3.8) is 0 Å². The molecule has 3 rings (SSSR count). The Morgan fingerprint density at radius 2 is 2.12 bits per heavy atom. The Bertz CT molecular complexity index is 900. The van der Waals surface area contributed by atoms with Crippen molar-refractivity contribution in [3.8, 4) is 10.7 Å². The standard InChI is InChI=1S/C17H17FN4OS2/c1-21(11-12-4-6-13(18)7-5-12)15(23)8-9-22-16(19-20-17(22)24)14-3-2-10-25-14/h2-7,10H,8-9,11H2,1H3,(H,20,24). The van der Waals surface area contributed by atoms with Gasteiger partial charge in [0.2, 0.25) is 5.91 Å². The van der Waals surface area contributed by atoms with E-state index in [1.165, 1.54) is 12.1 Å². The second-order valence-corrected chi connectivity index (χ2v) is 6.94. The van der Waals surface area contributed by atoms with E-state index in [4.69, 9.17) is 12.2 Å². The predicted octanol–water partition coefficient (Wildman–Crippen LogP) is 3.86. The van der Waals surface area contributed by atoms with Crippen molar-refractivity contribution in [2.24, 2.45) is 0 Å². The number of halogens is 1. The molecule has 0 saturated heterocycles. The molecule has 0 saturated carbocycles. The minimum absolute atomic E-state index is 0.00967. The SMILES string of the molecule is CN(Cc1ccc(F)cc1)C(=O)CCn1c(-c2cccs2)n[nH]c1=S. The number of carbonyl (C=O) groups excluding carboxylic acids is 1. The zero-order valence-electron chi connectivity index (χ0n) is 13.6. The lowest BCUT2D eigenvalue weighted by atomic mass is 10.2. The molecule has 0 fully saturated rings. The summed E-state index contributed by atoms with van der Waals surface area (Å²) in [5.74, 6) is 0.451. The van der Waals surface area contributed by atoms with Gasteiger partial charge in [0, 0.05) is 26.6 Å². The Kier molecular flexibility index (Phi) is 5.40. The highest BCUT2D eigenvalue weighted by molar-refractivity contribution is 7.71. The molecule has 0 bridgehead atoms. The second kappa shape index (κ2) is 7.71. The molecule has 1 amide bonds. The molecule has 0 atom stereocenters. The Morgan fingerprint density at radius 1 is 1.36 bits per heavy atom. The fraction of sp³-hybridized carbons (Fsp3) is 0.235. The van der Waals surface area contributed by atoms with E-state index in [1.807, 2.05) is 22.1 Å². The summed E-state index contributed by atoms with van der Waals surface area (Å²) in [5, 5.41) is 9.01. The van der Waals surface area contributed by atoms with Gasteiger partial charge in [-0.3, -0.25) is 14.5 Å². The van der Waals surface area contributed by atoms with Crippen molar-refractivity contribution in [1.29, 1.82) is 0 Å². The van der Waals surface area contributed by atoms with E-state index in [2.05, 4.69) is 10.2 Å². The summed E-state index contributed by atoms with van der Waals surface area (Å²) < 4.78 is 15.3. The van der Waals surface area contributed by atoms with Crippen molar-refractivity contribution in [2.75, 3.05) is 7.05 Å². The molecule has 1 aromatic carbocycles. The number of nitrogens with one attached hydrogen (secondary N) is 1. The molecule has 5 nitrogen and oxygen atoms in total. The molecular formula is C17H17FN4OS2. The van der Waals surface area contributed by atoms with Crippen molar-refractivity contribution in [1.82, 2.24) is 19.7 Å². The van der Waals surface area contributed by atoms with Crippen molar-refractivity contribution in [2.45, 2.75) is 19.5 Å². The van der Waals surface area contributed by atoms with Gasteiger partial charge in [0.15, 0.2) is 10.6 Å². The number of hydrogen-bond acceptors (Lipinski definition) is 4. The minimum atomic E-state index is -0.284. The first kappa shape index (κ1) is 17.5. The fourth-order valence-corrected chi connectivity index (χ4v) is 3.41. The maximum Gasteiger partial charge on any atom is 0.224 e. The van der Waals surface area contributed by atoms with Gasteiger partial charge in [0.1, 0.15) is 5.82 Å². The molecule has 3 aromatic rings. The third-order valence-electron chi connectivity index (χ3n) is 3.81. The summed E-state index contributed by atoms with van der Waals surface area (Å²) in [7, 11) is 1.74. The van der Waals surface area contributed by atoms with Gasteiger partial charge >= 0.3 is 0 Å². The number of H-pyrrole nitrogens is 1. The van der Waals surface area contributed by atoms with Crippen LogP contribution in [0.5, 0.6) is 0 Å². The molecule has 0 aliphatic rings. The molecule has 2 heterocycles. The third-order valence-corrected chi connectivity index (χ3v) is 4.99. The van der Waals surface area contributed by atoms with E-state index < -0.39 is 0 Å². The Balaban J connectivity index is 1.63. The van der Waals surface area contributed by atoms with Gasteiger partial charge in [0.25, 0.3) is 0 Å². The van der Waals surface area contributed by atoms with Crippen LogP contribution in [-0.4, -0.2) is 32.6 Å². The zero-order valence-corrected chi connectivity index (χ0v) is 15.2. The number of aromatic nitrogens is 3.